The molecule has 6 nitrogen and oxygen atoms in total. The van der Waals surface area contributed by atoms with Crippen LogP contribution in [0, 0.1) is 13.8 Å². The van der Waals surface area contributed by atoms with Gasteiger partial charge in [0.25, 0.3) is 5.91 Å². The van der Waals surface area contributed by atoms with Crippen LogP contribution in [0.4, 0.5) is 0 Å². The zero-order valence-electron chi connectivity index (χ0n) is 14.5. The third-order valence-corrected chi connectivity index (χ3v) is 4.90. The summed E-state index contributed by atoms with van der Waals surface area (Å²) in [6.45, 7) is 6.84. The fourth-order valence-corrected chi connectivity index (χ4v) is 3.49. The van der Waals surface area contributed by atoms with Gasteiger partial charge in [-0.1, -0.05) is 0 Å². The molecule has 0 N–H and O–H groups in total. The lowest BCUT2D eigenvalue weighted by Gasteiger charge is -2.35. The molecule has 3 rings (SSSR count). The molecule has 132 valence electrons. The summed E-state index contributed by atoms with van der Waals surface area (Å²) in [6.07, 6.45) is 3.78. The molecule has 1 aromatic rings. The molecule has 2 amide bonds. The summed E-state index contributed by atoms with van der Waals surface area (Å²) in [4.78, 5) is 28.5. The molecule has 0 bridgehead atoms. The zero-order valence-corrected chi connectivity index (χ0v) is 14.5. The van der Waals surface area contributed by atoms with E-state index in [1.54, 1.807) is 11.0 Å². The van der Waals surface area contributed by atoms with Crippen LogP contribution >= 0.6 is 0 Å². The molecule has 0 radical (unpaired) electrons. The number of ether oxygens (including phenoxy) is 1. The van der Waals surface area contributed by atoms with Crippen molar-refractivity contribution in [1.82, 2.24) is 9.80 Å². The summed E-state index contributed by atoms with van der Waals surface area (Å²) < 4.78 is 11.0. The number of carbonyl (C=O) groups excluding carboxylic acids is 2. The molecular weight excluding hydrogens is 308 g/mol. The standard InChI is InChI=1S/C18H26N2O4/c1-13-12-16(14(2)24-13)18(22)20-9-7-19(8-10-20)17(21)6-5-15-4-3-11-23-15/h12,15H,3-11H2,1-2H3. The Morgan fingerprint density at radius 1 is 1.17 bits per heavy atom. The second kappa shape index (κ2) is 7.38. The highest BCUT2D eigenvalue weighted by molar-refractivity contribution is 5.95. The molecule has 1 atom stereocenters. The minimum atomic E-state index is -0.00388. The lowest BCUT2D eigenvalue weighted by molar-refractivity contribution is -0.133. The van der Waals surface area contributed by atoms with Gasteiger partial charge < -0.3 is 19.0 Å². The van der Waals surface area contributed by atoms with Gasteiger partial charge in [-0.2, -0.15) is 0 Å². The maximum atomic E-state index is 12.6. The Balaban J connectivity index is 1.47. The van der Waals surface area contributed by atoms with Crippen molar-refractivity contribution in [2.24, 2.45) is 0 Å². The van der Waals surface area contributed by atoms with E-state index < -0.39 is 0 Å². The van der Waals surface area contributed by atoms with Crippen molar-refractivity contribution in [3.63, 3.8) is 0 Å². The van der Waals surface area contributed by atoms with Crippen molar-refractivity contribution in [3.05, 3.63) is 23.2 Å². The van der Waals surface area contributed by atoms with Crippen LogP contribution in [0.2, 0.25) is 0 Å². The largest absolute Gasteiger partial charge is 0.466 e. The molecule has 0 aromatic carbocycles. The first-order chi connectivity index (χ1) is 11.5. The van der Waals surface area contributed by atoms with E-state index >= 15 is 0 Å². The van der Waals surface area contributed by atoms with E-state index in [1.165, 1.54) is 0 Å². The lowest BCUT2D eigenvalue weighted by atomic mass is 10.1. The van der Waals surface area contributed by atoms with E-state index in [0.29, 0.717) is 43.9 Å². The van der Waals surface area contributed by atoms with E-state index in [9.17, 15) is 9.59 Å². The Bertz CT molecular complexity index is 596. The van der Waals surface area contributed by atoms with Gasteiger partial charge in [-0.3, -0.25) is 9.59 Å². The third kappa shape index (κ3) is 3.80. The van der Waals surface area contributed by atoms with Gasteiger partial charge in [-0.15, -0.1) is 0 Å². The fraction of sp³-hybridized carbons (Fsp3) is 0.667. The highest BCUT2D eigenvalue weighted by Gasteiger charge is 2.27. The van der Waals surface area contributed by atoms with Crippen LogP contribution < -0.4 is 0 Å². The van der Waals surface area contributed by atoms with Crippen LogP contribution in [0.5, 0.6) is 0 Å². The molecule has 24 heavy (non-hydrogen) atoms. The van der Waals surface area contributed by atoms with Crippen LogP contribution in [-0.2, 0) is 9.53 Å². The van der Waals surface area contributed by atoms with Crippen molar-refractivity contribution in [2.75, 3.05) is 32.8 Å². The highest BCUT2D eigenvalue weighted by Crippen LogP contribution is 2.19. The molecule has 6 heteroatoms. The van der Waals surface area contributed by atoms with E-state index in [-0.39, 0.29) is 17.9 Å². The van der Waals surface area contributed by atoms with Gasteiger partial charge in [0, 0.05) is 39.2 Å². The third-order valence-electron chi connectivity index (χ3n) is 4.90. The Labute approximate surface area is 142 Å². The molecule has 0 saturated carbocycles. The summed E-state index contributed by atoms with van der Waals surface area (Å²) in [7, 11) is 0. The number of piperazine rings is 1. The number of furan rings is 1. The van der Waals surface area contributed by atoms with Gasteiger partial charge >= 0.3 is 0 Å². The summed E-state index contributed by atoms with van der Waals surface area (Å²) in [5.74, 6) is 1.58. The molecule has 2 saturated heterocycles. The van der Waals surface area contributed by atoms with Crippen molar-refractivity contribution >= 4 is 11.8 Å². The van der Waals surface area contributed by atoms with E-state index in [0.717, 1.165) is 31.6 Å². The van der Waals surface area contributed by atoms with Crippen molar-refractivity contribution in [1.29, 1.82) is 0 Å². The average molecular weight is 334 g/mol. The average Bonchev–Trinajstić information content (AvgIpc) is 3.21. The lowest BCUT2D eigenvalue weighted by Crippen LogP contribution is -2.50. The number of hydrogen-bond donors (Lipinski definition) is 0. The van der Waals surface area contributed by atoms with E-state index in [1.807, 2.05) is 18.7 Å². The fourth-order valence-electron chi connectivity index (χ4n) is 3.49. The Morgan fingerprint density at radius 2 is 1.88 bits per heavy atom. The predicted octanol–water partition coefficient (Wildman–Crippen LogP) is 2.14. The topological polar surface area (TPSA) is 63.0 Å². The maximum Gasteiger partial charge on any atom is 0.257 e. The van der Waals surface area contributed by atoms with Gasteiger partial charge in [-0.25, -0.2) is 0 Å². The van der Waals surface area contributed by atoms with Crippen LogP contribution in [0.3, 0.4) is 0 Å². The normalized spacial score (nSPS) is 21.3. The molecule has 0 spiro atoms. The van der Waals surface area contributed by atoms with Crippen molar-refractivity contribution < 1.29 is 18.7 Å². The second-order valence-corrected chi connectivity index (χ2v) is 6.67. The number of nitrogens with zero attached hydrogens (tertiary/aromatic N) is 2. The molecule has 0 aliphatic carbocycles. The van der Waals surface area contributed by atoms with Gasteiger partial charge in [0.1, 0.15) is 11.5 Å². The summed E-state index contributed by atoms with van der Waals surface area (Å²) in [5.41, 5.74) is 0.630. The molecule has 2 aliphatic rings. The van der Waals surface area contributed by atoms with Crippen molar-refractivity contribution in [2.45, 2.75) is 45.6 Å². The SMILES string of the molecule is Cc1cc(C(=O)N2CCN(C(=O)CCC3CCCO3)CC2)c(C)o1. The number of hydrogen-bond acceptors (Lipinski definition) is 4. The minimum absolute atomic E-state index is 0.00388. The number of amides is 2. The van der Waals surface area contributed by atoms with Crippen LogP contribution in [0.1, 0.15) is 47.6 Å². The molecule has 1 aromatic heterocycles. The summed E-state index contributed by atoms with van der Waals surface area (Å²) >= 11 is 0. The molecule has 2 aliphatic heterocycles. The first-order valence-corrected chi connectivity index (χ1v) is 8.80. The number of carbonyl (C=O) groups is 2. The molecule has 1 unspecified atom stereocenters. The number of aryl methyl sites for hydroxylation is 2. The molecule has 3 heterocycles. The zero-order chi connectivity index (χ0) is 17.1. The highest BCUT2D eigenvalue weighted by atomic mass is 16.5. The molecule has 2 fully saturated rings. The number of rotatable bonds is 4. The van der Waals surface area contributed by atoms with Gasteiger partial charge in [-0.05, 0) is 39.2 Å². The van der Waals surface area contributed by atoms with Crippen LogP contribution in [0.25, 0.3) is 0 Å². The monoisotopic (exact) mass is 334 g/mol. The van der Waals surface area contributed by atoms with E-state index in [4.69, 9.17) is 9.15 Å². The molecular formula is C18H26N2O4. The minimum Gasteiger partial charge on any atom is -0.466 e. The first kappa shape index (κ1) is 17.0. The smallest absolute Gasteiger partial charge is 0.257 e. The van der Waals surface area contributed by atoms with Crippen LogP contribution in [0.15, 0.2) is 10.5 Å². The summed E-state index contributed by atoms with van der Waals surface area (Å²) in [5, 5.41) is 0. The summed E-state index contributed by atoms with van der Waals surface area (Å²) in [6, 6.07) is 1.79. The van der Waals surface area contributed by atoms with Gasteiger partial charge in [0.05, 0.1) is 11.7 Å². The van der Waals surface area contributed by atoms with E-state index in [2.05, 4.69) is 0 Å². The maximum absolute atomic E-state index is 12.6. The quantitative estimate of drug-likeness (QED) is 0.846. The van der Waals surface area contributed by atoms with Crippen LogP contribution in [-0.4, -0.2) is 60.5 Å². The van der Waals surface area contributed by atoms with Gasteiger partial charge in [0.2, 0.25) is 5.91 Å². The first-order valence-electron chi connectivity index (χ1n) is 8.80. The Morgan fingerprint density at radius 3 is 2.46 bits per heavy atom. The van der Waals surface area contributed by atoms with Gasteiger partial charge in [0.15, 0.2) is 0 Å². The van der Waals surface area contributed by atoms with Crippen molar-refractivity contribution in [3.8, 4) is 0 Å². The second-order valence-electron chi connectivity index (χ2n) is 6.67. The Kier molecular flexibility index (Phi) is 5.23. The Hall–Kier alpha value is -1.82. The predicted molar refractivity (Wildman–Crippen MR) is 88.9 cm³/mol.